The molecule has 2 amide bonds. The Morgan fingerprint density at radius 3 is 2.42 bits per heavy atom. The molecule has 24 heavy (non-hydrogen) atoms. The van der Waals surface area contributed by atoms with E-state index in [0.29, 0.717) is 38.3 Å². The van der Waals surface area contributed by atoms with Crippen molar-refractivity contribution >= 4 is 12.0 Å². The number of carbonyl (C=O) groups is 2. The summed E-state index contributed by atoms with van der Waals surface area (Å²) in [7, 11) is 1.78. The van der Waals surface area contributed by atoms with Gasteiger partial charge in [-0.2, -0.15) is 5.10 Å². The molecule has 0 radical (unpaired) electrons. The molecule has 1 aliphatic heterocycles. The summed E-state index contributed by atoms with van der Waals surface area (Å²) in [4.78, 5) is 28.6. The predicted molar refractivity (Wildman–Crippen MR) is 90.8 cm³/mol. The van der Waals surface area contributed by atoms with Crippen molar-refractivity contribution in [3.8, 4) is 0 Å². The highest BCUT2D eigenvalue weighted by atomic mass is 16.6. The van der Waals surface area contributed by atoms with E-state index in [1.165, 1.54) is 0 Å². The average molecular weight is 336 g/mol. The fraction of sp³-hybridized carbons (Fsp3) is 0.706. The Hall–Kier alpha value is -2.05. The maximum atomic E-state index is 12.8. The monoisotopic (exact) mass is 336 g/mol. The first kappa shape index (κ1) is 18.3. The summed E-state index contributed by atoms with van der Waals surface area (Å²) in [5.41, 5.74) is 1.77. The molecule has 134 valence electrons. The van der Waals surface area contributed by atoms with Gasteiger partial charge in [0.1, 0.15) is 11.3 Å². The molecule has 2 rings (SSSR count). The van der Waals surface area contributed by atoms with Crippen LogP contribution in [0.4, 0.5) is 4.79 Å². The molecule has 0 fully saturated rings. The lowest BCUT2D eigenvalue weighted by atomic mass is 10.0. The van der Waals surface area contributed by atoms with E-state index in [9.17, 15) is 9.59 Å². The third kappa shape index (κ3) is 3.71. The Morgan fingerprint density at radius 1 is 1.25 bits per heavy atom. The number of aryl methyl sites for hydroxylation is 1. The van der Waals surface area contributed by atoms with Crippen molar-refractivity contribution in [3.63, 3.8) is 0 Å². The van der Waals surface area contributed by atoms with Gasteiger partial charge in [0.2, 0.25) is 0 Å². The number of nitrogens with zero attached hydrogens (tertiary/aromatic N) is 4. The Labute approximate surface area is 143 Å². The van der Waals surface area contributed by atoms with E-state index in [4.69, 9.17) is 4.74 Å². The van der Waals surface area contributed by atoms with Gasteiger partial charge in [0.25, 0.3) is 5.91 Å². The summed E-state index contributed by atoms with van der Waals surface area (Å²) in [6.07, 6.45) is 0.284. The molecule has 0 N–H and O–H groups in total. The SMILES string of the molecule is CCN(CC)C(=O)c1c2c(nn1C)CCN(C(=O)OC(C)(C)C)C2. The fourth-order valence-electron chi connectivity index (χ4n) is 2.91. The lowest BCUT2D eigenvalue weighted by molar-refractivity contribution is 0.0222. The van der Waals surface area contributed by atoms with Crippen LogP contribution in [-0.4, -0.2) is 56.8 Å². The van der Waals surface area contributed by atoms with E-state index in [1.807, 2.05) is 34.6 Å². The minimum absolute atomic E-state index is 0.0395. The molecule has 0 spiro atoms. The lowest BCUT2D eigenvalue weighted by Gasteiger charge is -2.30. The largest absolute Gasteiger partial charge is 0.444 e. The fourth-order valence-corrected chi connectivity index (χ4v) is 2.91. The standard InChI is InChI=1S/C17H28N4O3/c1-7-20(8-2)15(22)14-12-11-21(16(23)24-17(3,4)5)10-9-13(12)18-19(14)6/h7-11H2,1-6H3. The summed E-state index contributed by atoms with van der Waals surface area (Å²) in [6.45, 7) is 11.7. The summed E-state index contributed by atoms with van der Waals surface area (Å²) in [5.74, 6) is -0.0395. The van der Waals surface area contributed by atoms with Crippen LogP contribution >= 0.6 is 0 Å². The first-order valence-electron chi connectivity index (χ1n) is 8.49. The predicted octanol–water partition coefficient (Wildman–Crippen LogP) is 2.20. The highest BCUT2D eigenvalue weighted by molar-refractivity contribution is 5.94. The van der Waals surface area contributed by atoms with Crippen molar-refractivity contribution in [2.45, 2.75) is 53.2 Å². The number of fused-ring (bicyclic) bond motifs is 1. The molecular weight excluding hydrogens is 308 g/mol. The number of rotatable bonds is 3. The van der Waals surface area contributed by atoms with Gasteiger partial charge in [-0.25, -0.2) is 4.79 Å². The second kappa shape index (κ2) is 6.83. The molecule has 2 heterocycles. The van der Waals surface area contributed by atoms with E-state index < -0.39 is 5.60 Å². The summed E-state index contributed by atoms with van der Waals surface area (Å²) < 4.78 is 7.10. The normalized spacial score (nSPS) is 14.3. The smallest absolute Gasteiger partial charge is 0.410 e. The van der Waals surface area contributed by atoms with Crippen molar-refractivity contribution in [2.75, 3.05) is 19.6 Å². The number of amides is 2. The van der Waals surface area contributed by atoms with Crippen LogP contribution in [0.25, 0.3) is 0 Å². The Bertz CT molecular complexity index is 627. The molecule has 0 aliphatic carbocycles. The number of hydrogen-bond acceptors (Lipinski definition) is 4. The molecule has 0 saturated heterocycles. The minimum Gasteiger partial charge on any atom is -0.444 e. The van der Waals surface area contributed by atoms with Crippen molar-refractivity contribution < 1.29 is 14.3 Å². The Kier molecular flexibility index (Phi) is 5.20. The summed E-state index contributed by atoms with van der Waals surface area (Å²) in [5, 5.41) is 4.48. The first-order chi connectivity index (χ1) is 11.2. The Balaban J connectivity index is 2.27. The van der Waals surface area contributed by atoms with Gasteiger partial charge in [0, 0.05) is 38.7 Å². The molecule has 7 heteroatoms. The molecular formula is C17H28N4O3. The van der Waals surface area contributed by atoms with Crippen molar-refractivity contribution in [1.29, 1.82) is 0 Å². The van der Waals surface area contributed by atoms with E-state index in [1.54, 1.807) is 21.5 Å². The van der Waals surface area contributed by atoms with E-state index >= 15 is 0 Å². The van der Waals surface area contributed by atoms with E-state index in [0.717, 1.165) is 11.3 Å². The van der Waals surface area contributed by atoms with Gasteiger partial charge in [-0.15, -0.1) is 0 Å². The average Bonchev–Trinajstić information content (AvgIpc) is 2.81. The number of carbonyl (C=O) groups excluding carboxylic acids is 2. The highest BCUT2D eigenvalue weighted by Crippen LogP contribution is 2.24. The van der Waals surface area contributed by atoms with Gasteiger partial charge < -0.3 is 14.5 Å². The quantitative estimate of drug-likeness (QED) is 0.848. The van der Waals surface area contributed by atoms with Crippen LogP contribution in [-0.2, 0) is 24.8 Å². The zero-order valence-corrected chi connectivity index (χ0v) is 15.5. The van der Waals surface area contributed by atoms with Gasteiger partial charge in [-0.1, -0.05) is 0 Å². The van der Waals surface area contributed by atoms with Crippen molar-refractivity contribution in [3.05, 3.63) is 17.0 Å². The number of ether oxygens (including phenoxy) is 1. The third-order valence-corrected chi connectivity index (χ3v) is 4.10. The maximum absolute atomic E-state index is 12.8. The van der Waals surface area contributed by atoms with Gasteiger partial charge in [-0.3, -0.25) is 9.48 Å². The second-order valence-corrected chi connectivity index (χ2v) is 7.03. The van der Waals surface area contributed by atoms with Crippen LogP contribution in [0.2, 0.25) is 0 Å². The molecule has 0 atom stereocenters. The Morgan fingerprint density at radius 2 is 1.88 bits per heavy atom. The molecule has 0 aromatic carbocycles. The summed E-state index contributed by atoms with van der Waals surface area (Å²) in [6, 6.07) is 0. The van der Waals surface area contributed by atoms with Crippen LogP contribution in [0.5, 0.6) is 0 Å². The van der Waals surface area contributed by atoms with Gasteiger partial charge >= 0.3 is 6.09 Å². The van der Waals surface area contributed by atoms with Crippen LogP contribution < -0.4 is 0 Å². The molecule has 1 aromatic heterocycles. The van der Waals surface area contributed by atoms with Crippen molar-refractivity contribution in [1.82, 2.24) is 19.6 Å². The van der Waals surface area contributed by atoms with Gasteiger partial charge in [0.05, 0.1) is 12.2 Å². The van der Waals surface area contributed by atoms with Crippen LogP contribution in [0.15, 0.2) is 0 Å². The minimum atomic E-state index is -0.536. The third-order valence-electron chi connectivity index (χ3n) is 4.10. The highest BCUT2D eigenvalue weighted by Gasteiger charge is 2.32. The van der Waals surface area contributed by atoms with E-state index in [2.05, 4.69) is 5.10 Å². The van der Waals surface area contributed by atoms with E-state index in [-0.39, 0.29) is 12.0 Å². The molecule has 1 aliphatic rings. The second-order valence-electron chi connectivity index (χ2n) is 7.03. The zero-order chi connectivity index (χ0) is 18.1. The van der Waals surface area contributed by atoms with Crippen molar-refractivity contribution in [2.24, 2.45) is 7.05 Å². The van der Waals surface area contributed by atoms with Gasteiger partial charge in [0.15, 0.2) is 0 Å². The lowest BCUT2D eigenvalue weighted by Crippen LogP contribution is -2.40. The number of aromatic nitrogens is 2. The van der Waals surface area contributed by atoms with Crippen LogP contribution in [0.1, 0.15) is 56.4 Å². The maximum Gasteiger partial charge on any atom is 0.410 e. The molecule has 0 saturated carbocycles. The molecule has 0 bridgehead atoms. The first-order valence-corrected chi connectivity index (χ1v) is 8.49. The number of hydrogen-bond donors (Lipinski definition) is 0. The molecule has 1 aromatic rings. The topological polar surface area (TPSA) is 67.7 Å². The van der Waals surface area contributed by atoms with Gasteiger partial charge in [-0.05, 0) is 34.6 Å². The zero-order valence-electron chi connectivity index (χ0n) is 15.5. The summed E-state index contributed by atoms with van der Waals surface area (Å²) >= 11 is 0. The van der Waals surface area contributed by atoms with Crippen LogP contribution in [0, 0.1) is 0 Å². The molecule has 0 unspecified atom stereocenters. The molecule has 7 nitrogen and oxygen atoms in total. The van der Waals surface area contributed by atoms with Crippen LogP contribution in [0.3, 0.4) is 0 Å².